The molecule has 0 radical (unpaired) electrons. The monoisotopic (exact) mass is 335 g/mol. The molecule has 1 saturated heterocycles. The molecule has 6 heteroatoms. The Morgan fingerprint density at radius 3 is 2.78 bits per heavy atom. The lowest BCUT2D eigenvalue weighted by molar-refractivity contribution is 0.0355. The van der Waals surface area contributed by atoms with Crippen LogP contribution in [0.25, 0.3) is 11.0 Å². The van der Waals surface area contributed by atoms with Gasteiger partial charge >= 0.3 is 0 Å². The molecule has 2 heterocycles. The maximum absolute atomic E-state index is 12.6. The lowest BCUT2D eigenvalue weighted by Crippen LogP contribution is -2.40. The number of hydrogen-bond donors (Lipinski definition) is 2. The van der Waals surface area contributed by atoms with Gasteiger partial charge in [0, 0.05) is 18.1 Å². The number of halogens is 1. The second-order valence-electron chi connectivity index (χ2n) is 7.00. The van der Waals surface area contributed by atoms with Gasteiger partial charge < -0.3 is 15.0 Å². The van der Waals surface area contributed by atoms with Crippen molar-refractivity contribution in [3.05, 3.63) is 29.0 Å². The van der Waals surface area contributed by atoms with Gasteiger partial charge in [0.05, 0.1) is 16.6 Å². The van der Waals surface area contributed by atoms with Crippen LogP contribution in [-0.4, -0.2) is 44.6 Å². The minimum Gasteiger partial charge on any atom is -0.390 e. The molecular formula is C17H22ClN3O2. The molecule has 124 valence electrons. The van der Waals surface area contributed by atoms with E-state index in [2.05, 4.69) is 9.97 Å². The molecule has 3 rings (SSSR count). The van der Waals surface area contributed by atoms with Crippen molar-refractivity contribution in [2.24, 2.45) is 5.92 Å². The molecule has 0 spiro atoms. The van der Waals surface area contributed by atoms with Gasteiger partial charge in [-0.15, -0.1) is 0 Å². The number of carbonyl (C=O) groups excluding carboxylic acids is 1. The van der Waals surface area contributed by atoms with Gasteiger partial charge in [0.1, 0.15) is 0 Å². The first-order valence-electron chi connectivity index (χ1n) is 7.99. The van der Waals surface area contributed by atoms with Gasteiger partial charge in [-0.05, 0) is 57.2 Å². The van der Waals surface area contributed by atoms with Crippen molar-refractivity contribution < 1.29 is 9.90 Å². The van der Waals surface area contributed by atoms with Crippen molar-refractivity contribution in [1.29, 1.82) is 0 Å². The molecule has 1 aromatic heterocycles. The van der Waals surface area contributed by atoms with Crippen molar-refractivity contribution in [3.63, 3.8) is 0 Å². The second kappa shape index (κ2) is 6.13. The molecule has 1 aliphatic heterocycles. The van der Waals surface area contributed by atoms with E-state index in [0.29, 0.717) is 35.4 Å². The highest BCUT2D eigenvalue weighted by Crippen LogP contribution is 2.27. The molecule has 2 N–H and O–H groups in total. The zero-order valence-electron chi connectivity index (χ0n) is 13.5. The number of amides is 1. The van der Waals surface area contributed by atoms with Crippen molar-refractivity contribution in [2.75, 3.05) is 13.1 Å². The fourth-order valence-corrected chi connectivity index (χ4v) is 3.44. The van der Waals surface area contributed by atoms with Gasteiger partial charge in [-0.3, -0.25) is 4.79 Å². The number of nitrogens with one attached hydrogen (secondary N) is 1. The molecule has 1 amide bonds. The maximum atomic E-state index is 12.6. The standard InChI is InChI=1S/C17H22ClN3O2/c1-17(2,23)10-11-5-7-21(8-6-11)16(22)15-19-13-4-3-12(18)9-14(13)20-15/h3-4,9,11,23H,5-8,10H2,1-2H3,(H,19,20). The number of aromatic amines is 1. The Hall–Kier alpha value is -1.59. The predicted octanol–water partition coefficient (Wildman–Crippen LogP) is 3.23. The number of fused-ring (bicyclic) bond motifs is 1. The molecule has 1 aromatic carbocycles. The van der Waals surface area contributed by atoms with Crippen LogP contribution in [0.2, 0.25) is 5.02 Å². The van der Waals surface area contributed by atoms with E-state index in [9.17, 15) is 9.90 Å². The van der Waals surface area contributed by atoms with E-state index in [-0.39, 0.29) is 5.91 Å². The Balaban J connectivity index is 1.66. The minimum atomic E-state index is -0.644. The second-order valence-corrected chi connectivity index (χ2v) is 7.44. The summed E-state index contributed by atoms with van der Waals surface area (Å²) in [5.41, 5.74) is 0.877. The lowest BCUT2D eigenvalue weighted by atomic mass is 9.86. The maximum Gasteiger partial charge on any atom is 0.289 e. The van der Waals surface area contributed by atoms with Gasteiger partial charge in [-0.25, -0.2) is 4.98 Å². The Bertz CT molecular complexity index is 712. The van der Waals surface area contributed by atoms with E-state index < -0.39 is 5.60 Å². The normalized spacial score (nSPS) is 17.0. The minimum absolute atomic E-state index is 0.0703. The summed E-state index contributed by atoms with van der Waals surface area (Å²) in [7, 11) is 0. The number of nitrogens with zero attached hydrogens (tertiary/aromatic N) is 2. The van der Waals surface area contributed by atoms with Crippen LogP contribution in [0.1, 0.15) is 43.7 Å². The summed E-state index contributed by atoms with van der Waals surface area (Å²) in [6.07, 6.45) is 2.61. The van der Waals surface area contributed by atoms with Crippen molar-refractivity contribution in [1.82, 2.24) is 14.9 Å². The number of H-pyrrole nitrogens is 1. The lowest BCUT2D eigenvalue weighted by Gasteiger charge is -2.34. The number of imidazole rings is 1. The number of aromatic nitrogens is 2. The van der Waals surface area contributed by atoms with Crippen molar-refractivity contribution in [2.45, 2.75) is 38.7 Å². The summed E-state index contributed by atoms with van der Waals surface area (Å²) in [6.45, 7) is 5.09. The quantitative estimate of drug-likeness (QED) is 0.904. The zero-order valence-corrected chi connectivity index (χ0v) is 14.2. The highest BCUT2D eigenvalue weighted by Gasteiger charge is 2.28. The zero-order chi connectivity index (χ0) is 16.6. The molecule has 1 aliphatic rings. The molecule has 23 heavy (non-hydrogen) atoms. The summed E-state index contributed by atoms with van der Waals surface area (Å²) in [5.74, 6) is 0.760. The molecule has 5 nitrogen and oxygen atoms in total. The number of likely N-dealkylation sites (tertiary alicyclic amines) is 1. The van der Waals surface area contributed by atoms with Gasteiger partial charge in [-0.2, -0.15) is 0 Å². The van der Waals surface area contributed by atoms with Crippen molar-refractivity contribution in [3.8, 4) is 0 Å². The van der Waals surface area contributed by atoms with E-state index in [4.69, 9.17) is 11.6 Å². The number of aliphatic hydroxyl groups is 1. The summed E-state index contributed by atoms with van der Waals surface area (Å²) in [6, 6.07) is 5.36. The van der Waals surface area contributed by atoms with Crippen LogP contribution in [0.4, 0.5) is 0 Å². The van der Waals surface area contributed by atoms with E-state index in [1.807, 2.05) is 24.8 Å². The number of hydrogen-bond acceptors (Lipinski definition) is 3. The molecule has 0 unspecified atom stereocenters. The van der Waals surface area contributed by atoms with Crippen LogP contribution in [0.15, 0.2) is 18.2 Å². The van der Waals surface area contributed by atoms with Crippen LogP contribution in [0.5, 0.6) is 0 Å². The molecule has 0 bridgehead atoms. The van der Waals surface area contributed by atoms with Crippen molar-refractivity contribution >= 4 is 28.5 Å². The average molecular weight is 336 g/mol. The molecule has 0 aliphatic carbocycles. The van der Waals surface area contributed by atoms with Crippen LogP contribution >= 0.6 is 11.6 Å². The number of carbonyl (C=O) groups is 1. The molecular weight excluding hydrogens is 314 g/mol. The summed E-state index contributed by atoms with van der Waals surface area (Å²) in [5, 5.41) is 10.5. The van der Waals surface area contributed by atoms with Crippen LogP contribution in [0.3, 0.4) is 0 Å². The predicted molar refractivity (Wildman–Crippen MR) is 90.6 cm³/mol. The SMILES string of the molecule is CC(C)(O)CC1CCN(C(=O)c2nc3cc(Cl)ccc3[nH]2)CC1. The summed E-state index contributed by atoms with van der Waals surface area (Å²) in [4.78, 5) is 21.9. The Morgan fingerprint density at radius 1 is 1.43 bits per heavy atom. The molecule has 2 aromatic rings. The highest BCUT2D eigenvalue weighted by molar-refractivity contribution is 6.31. The third-order valence-electron chi connectivity index (χ3n) is 4.34. The van der Waals surface area contributed by atoms with Crippen LogP contribution < -0.4 is 0 Å². The summed E-state index contributed by atoms with van der Waals surface area (Å²) < 4.78 is 0. The third-order valence-corrected chi connectivity index (χ3v) is 4.57. The largest absolute Gasteiger partial charge is 0.390 e. The fourth-order valence-electron chi connectivity index (χ4n) is 3.28. The number of piperidine rings is 1. The smallest absolute Gasteiger partial charge is 0.289 e. The first-order chi connectivity index (χ1) is 10.8. The Morgan fingerprint density at radius 2 is 2.13 bits per heavy atom. The molecule has 1 fully saturated rings. The van der Waals surface area contributed by atoms with E-state index in [1.54, 1.807) is 12.1 Å². The summed E-state index contributed by atoms with van der Waals surface area (Å²) >= 11 is 5.96. The van der Waals surface area contributed by atoms with E-state index >= 15 is 0 Å². The number of rotatable bonds is 3. The molecule has 0 saturated carbocycles. The molecule has 0 atom stereocenters. The average Bonchev–Trinajstić information content (AvgIpc) is 2.88. The van der Waals surface area contributed by atoms with Crippen LogP contribution in [-0.2, 0) is 0 Å². The topological polar surface area (TPSA) is 69.2 Å². The van der Waals surface area contributed by atoms with Gasteiger partial charge in [0.15, 0.2) is 5.82 Å². The van der Waals surface area contributed by atoms with Gasteiger partial charge in [0.25, 0.3) is 5.91 Å². The fraction of sp³-hybridized carbons (Fsp3) is 0.529. The Labute approximate surface area is 140 Å². The van der Waals surface area contributed by atoms with E-state index in [1.165, 1.54) is 0 Å². The van der Waals surface area contributed by atoms with Crippen LogP contribution in [0, 0.1) is 5.92 Å². The highest BCUT2D eigenvalue weighted by atomic mass is 35.5. The van der Waals surface area contributed by atoms with E-state index in [0.717, 1.165) is 24.8 Å². The Kier molecular flexibility index (Phi) is 4.34. The first kappa shape index (κ1) is 16.3. The van der Waals surface area contributed by atoms with Gasteiger partial charge in [-0.1, -0.05) is 11.6 Å². The third kappa shape index (κ3) is 3.85. The number of benzene rings is 1. The van der Waals surface area contributed by atoms with Gasteiger partial charge in [0.2, 0.25) is 0 Å². The first-order valence-corrected chi connectivity index (χ1v) is 8.36.